The second-order valence-corrected chi connectivity index (χ2v) is 4.58. The van der Waals surface area contributed by atoms with Crippen LogP contribution in [0.1, 0.15) is 12.7 Å². The monoisotopic (exact) mass is 264 g/mol. The molecule has 0 radical (unpaired) electrons. The maximum absolute atomic E-state index is 5.65. The highest BCUT2D eigenvalue weighted by Crippen LogP contribution is 2.18. The van der Waals surface area contributed by atoms with E-state index in [0.717, 1.165) is 18.0 Å². The first-order chi connectivity index (χ1) is 8.83. The van der Waals surface area contributed by atoms with Crippen LogP contribution in [-0.4, -0.2) is 33.1 Å². The molecule has 1 heterocycles. The van der Waals surface area contributed by atoms with Gasteiger partial charge in [0, 0.05) is 11.3 Å². The van der Waals surface area contributed by atoms with Crippen LogP contribution in [0.4, 0.5) is 0 Å². The van der Waals surface area contributed by atoms with Crippen molar-refractivity contribution in [3.05, 3.63) is 30.1 Å². The molecule has 1 aromatic carbocycles. The SMILES string of the molecule is CCc1nnnn1CCOc1ccc(SC)cc1. The summed E-state index contributed by atoms with van der Waals surface area (Å²) >= 11 is 1.72. The predicted molar refractivity (Wildman–Crippen MR) is 70.9 cm³/mol. The Bertz CT molecular complexity index is 483. The van der Waals surface area contributed by atoms with Crippen LogP contribution in [0.3, 0.4) is 0 Å². The van der Waals surface area contributed by atoms with Crippen molar-refractivity contribution in [1.29, 1.82) is 0 Å². The van der Waals surface area contributed by atoms with Crippen LogP contribution in [0.15, 0.2) is 29.2 Å². The summed E-state index contributed by atoms with van der Waals surface area (Å²) in [5, 5.41) is 11.5. The van der Waals surface area contributed by atoms with Crippen LogP contribution in [0.25, 0.3) is 0 Å². The zero-order chi connectivity index (χ0) is 12.8. The van der Waals surface area contributed by atoms with E-state index < -0.39 is 0 Å². The van der Waals surface area contributed by atoms with Gasteiger partial charge in [0.15, 0.2) is 5.82 Å². The lowest BCUT2D eigenvalue weighted by Crippen LogP contribution is -2.12. The summed E-state index contributed by atoms with van der Waals surface area (Å²) in [7, 11) is 0. The third kappa shape index (κ3) is 3.22. The summed E-state index contributed by atoms with van der Waals surface area (Å²) in [6.45, 7) is 3.27. The van der Waals surface area contributed by atoms with E-state index in [2.05, 4.69) is 33.9 Å². The van der Waals surface area contributed by atoms with Crippen molar-refractivity contribution in [3.8, 4) is 5.75 Å². The molecule has 0 atom stereocenters. The van der Waals surface area contributed by atoms with Gasteiger partial charge in [-0.1, -0.05) is 6.92 Å². The number of aryl methyl sites for hydroxylation is 1. The number of thioether (sulfide) groups is 1. The third-order valence-electron chi connectivity index (χ3n) is 2.55. The second kappa shape index (κ2) is 6.39. The molecule has 1 aromatic heterocycles. The van der Waals surface area contributed by atoms with Crippen molar-refractivity contribution in [2.75, 3.05) is 12.9 Å². The van der Waals surface area contributed by atoms with E-state index in [1.807, 2.05) is 19.1 Å². The Morgan fingerprint density at radius 1 is 1.28 bits per heavy atom. The molecule has 0 spiro atoms. The van der Waals surface area contributed by atoms with E-state index in [-0.39, 0.29) is 0 Å². The zero-order valence-electron chi connectivity index (χ0n) is 10.5. The quantitative estimate of drug-likeness (QED) is 0.747. The van der Waals surface area contributed by atoms with Crippen molar-refractivity contribution in [3.63, 3.8) is 0 Å². The first-order valence-corrected chi connectivity index (χ1v) is 7.08. The van der Waals surface area contributed by atoms with Crippen LogP contribution in [-0.2, 0) is 13.0 Å². The fourth-order valence-electron chi connectivity index (χ4n) is 1.57. The second-order valence-electron chi connectivity index (χ2n) is 3.70. The highest BCUT2D eigenvalue weighted by atomic mass is 32.2. The molecule has 0 fully saturated rings. The van der Waals surface area contributed by atoms with E-state index in [9.17, 15) is 0 Å². The van der Waals surface area contributed by atoms with Gasteiger partial charge in [0.1, 0.15) is 12.4 Å². The van der Waals surface area contributed by atoms with Crippen molar-refractivity contribution in [2.45, 2.75) is 24.8 Å². The smallest absolute Gasteiger partial charge is 0.151 e. The van der Waals surface area contributed by atoms with Gasteiger partial charge in [-0.25, -0.2) is 4.68 Å². The third-order valence-corrected chi connectivity index (χ3v) is 3.30. The molecule has 18 heavy (non-hydrogen) atoms. The molecule has 5 nitrogen and oxygen atoms in total. The molecule has 0 N–H and O–H groups in total. The number of aromatic nitrogens is 4. The van der Waals surface area contributed by atoms with E-state index in [4.69, 9.17) is 4.74 Å². The standard InChI is InChI=1S/C12H16N4OS/c1-3-12-13-14-15-16(12)8-9-17-10-4-6-11(18-2)7-5-10/h4-7H,3,8-9H2,1-2H3. The summed E-state index contributed by atoms with van der Waals surface area (Å²) in [5.41, 5.74) is 0. The summed E-state index contributed by atoms with van der Waals surface area (Å²) in [6.07, 6.45) is 2.88. The highest BCUT2D eigenvalue weighted by molar-refractivity contribution is 7.98. The number of ether oxygens (including phenoxy) is 1. The molecule has 2 rings (SSSR count). The minimum absolute atomic E-state index is 0.566. The van der Waals surface area contributed by atoms with Gasteiger partial charge < -0.3 is 4.74 Å². The Balaban J connectivity index is 1.84. The van der Waals surface area contributed by atoms with Crippen LogP contribution in [0.5, 0.6) is 5.75 Å². The van der Waals surface area contributed by atoms with Crippen LogP contribution < -0.4 is 4.74 Å². The molecule has 2 aromatic rings. The van der Waals surface area contributed by atoms with Crippen LogP contribution >= 0.6 is 11.8 Å². The molecule has 0 aliphatic carbocycles. The number of benzene rings is 1. The molecule has 0 aliphatic rings. The van der Waals surface area contributed by atoms with Gasteiger partial charge in [0.05, 0.1) is 6.54 Å². The van der Waals surface area contributed by atoms with Gasteiger partial charge in [0.2, 0.25) is 0 Å². The average Bonchev–Trinajstić information content (AvgIpc) is 2.87. The van der Waals surface area contributed by atoms with E-state index in [1.54, 1.807) is 16.4 Å². The lowest BCUT2D eigenvalue weighted by atomic mass is 10.3. The van der Waals surface area contributed by atoms with Crippen LogP contribution in [0, 0.1) is 0 Å². The van der Waals surface area contributed by atoms with Gasteiger partial charge in [-0.2, -0.15) is 0 Å². The molecule has 0 aliphatic heterocycles. The Morgan fingerprint density at radius 2 is 2.06 bits per heavy atom. The van der Waals surface area contributed by atoms with Crippen molar-refractivity contribution < 1.29 is 4.74 Å². The molecule has 6 heteroatoms. The van der Waals surface area contributed by atoms with E-state index >= 15 is 0 Å². The first-order valence-electron chi connectivity index (χ1n) is 5.85. The summed E-state index contributed by atoms with van der Waals surface area (Å²) in [5.74, 6) is 1.76. The molecule has 0 amide bonds. The van der Waals surface area contributed by atoms with Gasteiger partial charge in [-0.05, 0) is 40.9 Å². The number of nitrogens with zero attached hydrogens (tertiary/aromatic N) is 4. The first kappa shape index (κ1) is 12.9. The summed E-state index contributed by atoms with van der Waals surface area (Å²) in [4.78, 5) is 1.23. The molecule has 0 bridgehead atoms. The topological polar surface area (TPSA) is 52.8 Å². The predicted octanol–water partition coefficient (Wildman–Crippen LogP) is 2.04. The van der Waals surface area contributed by atoms with Gasteiger partial charge in [0.25, 0.3) is 0 Å². The lowest BCUT2D eigenvalue weighted by Gasteiger charge is -2.07. The highest BCUT2D eigenvalue weighted by Gasteiger charge is 2.03. The Hall–Kier alpha value is -1.56. The molecule has 96 valence electrons. The average molecular weight is 264 g/mol. The van der Waals surface area contributed by atoms with Crippen LogP contribution in [0.2, 0.25) is 0 Å². The number of hydrogen-bond donors (Lipinski definition) is 0. The van der Waals surface area contributed by atoms with Gasteiger partial charge >= 0.3 is 0 Å². The minimum atomic E-state index is 0.566. The maximum Gasteiger partial charge on any atom is 0.151 e. The molecular weight excluding hydrogens is 248 g/mol. The van der Waals surface area contributed by atoms with Gasteiger partial charge in [-0.15, -0.1) is 16.9 Å². The fourth-order valence-corrected chi connectivity index (χ4v) is 1.98. The maximum atomic E-state index is 5.65. The molecular formula is C12H16N4OS. The molecule has 0 saturated carbocycles. The van der Waals surface area contributed by atoms with Crippen molar-refractivity contribution >= 4 is 11.8 Å². The number of rotatable bonds is 6. The Morgan fingerprint density at radius 3 is 2.72 bits per heavy atom. The summed E-state index contributed by atoms with van der Waals surface area (Å²) in [6, 6.07) is 8.06. The lowest BCUT2D eigenvalue weighted by molar-refractivity contribution is 0.287. The minimum Gasteiger partial charge on any atom is -0.492 e. The zero-order valence-corrected chi connectivity index (χ0v) is 11.4. The fraction of sp³-hybridized carbons (Fsp3) is 0.417. The molecule has 0 unspecified atom stereocenters. The van der Waals surface area contributed by atoms with Crippen molar-refractivity contribution in [2.24, 2.45) is 0 Å². The normalized spacial score (nSPS) is 10.6. The number of tetrazole rings is 1. The van der Waals surface area contributed by atoms with Gasteiger partial charge in [-0.3, -0.25) is 0 Å². The summed E-state index contributed by atoms with van der Waals surface area (Å²) < 4.78 is 7.43. The Labute approximate surface area is 111 Å². The Kier molecular flexibility index (Phi) is 4.58. The molecule has 0 saturated heterocycles. The van der Waals surface area contributed by atoms with Crippen molar-refractivity contribution in [1.82, 2.24) is 20.2 Å². The van der Waals surface area contributed by atoms with E-state index in [1.165, 1.54) is 4.90 Å². The largest absolute Gasteiger partial charge is 0.492 e. The number of hydrogen-bond acceptors (Lipinski definition) is 5. The van der Waals surface area contributed by atoms with E-state index in [0.29, 0.717) is 13.2 Å².